The van der Waals surface area contributed by atoms with Gasteiger partial charge in [-0.1, -0.05) is 109 Å². The number of hydroxylamine groups is 4. The van der Waals surface area contributed by atoms with Crippen molar-refractivity contribution >= 4 is 103 Å². The number of fused-ring (bicyclic) bond motifs is 11. The summed E-state index contributed by atoms with van der Waals surface area (Å²) in [6.45, 7) is 5.12. The summed E-state index contributed by atoms with van der Waals surface area (Å²) in [4.78, 5) is 29.0. The van der Waals surface area contributed by atoms with Crippen molar-refractivity contribution in [3.63, 3.8) is 0 Å². The van der Waals surface area contributed by atoms with Crippen LogP contribution in [0.15, 0.2) is 91.0 Å². The van der Waals surface area contributed by atoms with Crippen LogP contribution in [0.3, 0.4) is 0 Å². The van der Waals surface area contributed by atoms with Gasteiger partial charge in [0.2, 0.25) is 0 Å². The lowest BCUT2D eigenvalue weighted by Crippen LogP contribution is -2.49. The molecule has 11 rings (SSSR count). The van der Waals surface area contributed by atoms with Gasteiger partial charge in [-0.05, 0) is 98.5 Å². The molecule has 5 aliphatic heterocycles. The van der Waals surface area contributed by atoms with Crippen molar-refractivity contribution in [3.05, 3.63) is 139 Å². The second-order valence-corrected chi connectivity index (χ2v) is 21.2. The van der Waals surface area contributed by atoms with Crippen molar-refractivity contribution < 1.29 is 29.5 Å². The summed E-state index contributed by atoms with van der Waals surface area (Å²) < 4.78 is 15.6. The number of nitrogens with one attached hydrogen (secondary N) is 2. The normalized spacial score (nSPS) is 26.2. The molecule has 4 N–H and O–H groups in total. The van der Waals surface area contributed by atoms with Crippen LogP contribution in [0.5, 0.6) is 0 Å². The molecule has 12 nitrogen and oxygen atoms in total. The number of methoxy groups -OCH3 is 2. The average Bonchev–Trinajstić information content (AvgIpc) is 3.85. The van der Waals surface area contributed by atoms with Gasteiger partial charge in [-0.3, -0.25) is 0 Å². The third kappa shape index (κ3) is 7.23. The Morgan fingerprint density at radius 3 is 1.83 bits per heavy atom. The Labute approximate surface area is 426 Å². The van der Waals surface area contributed by atoms with Crippen LogP contribution in [-0.2, 0) is 25.5 Å². The maximum atomic E-state index is 14.6. The number of nitrogens with zero attached hydrogens (tertiary/aromatic N) is 4. The Balaban J connectivity index is 1.24. The molecule has 2 aromatic heterocycles. The highest BCUT2D eigenvalue weighted by Crippen LogP contribution is 2.59. The van der Waals surface area contributed by atoms with Crippen molar-refractivity contribution in [2.24, 2.45) is 10.8 Å². The van der Waals surface area contributed by atoms with E-state index in [1.807, 2.05) is 60.7 Å². The van der Waals surface area contributed by atoms with Crippen molar-refractivity contribution in [1.29, 1.82) is 0 Å². The zero-order chi connectivity index (χ0) is 49.0. The van der Waals surface area contributed by atoms with Crippen LogP contribution in [0.4, 0.5) is 11.4 Å². The number of carbonyl (C=O) groups excluding carboxylic acids is 2. The number of rotatable bonds is 9. The van der Waals surface area contributed by atoms with E-state index in [1.165, 1.54) is 24.3 Å². The lowest BCUT2D eigenvalue weighted by Gasteiger charge is -2.50. The number of halogens is 4. The first-order valence-corrected chi connectivity index (χ1v) is 25.5. The molecule has 5 aliphatic rings. The second-order valence-electron chi connectivity index (χ2n) is 19.5. The molecule has 70 heavy (non-hydrogen) atoms. The van der Waals surface area contributed by atoms with Gasteiger partial charge in [0.25, 0.3) is 0 Å². The Morgan fingerprint density at radius 1 is 0.714 bits per heavy atom. The molecular formula is C54H54Cl4N6O6. The zero-order valence-electron chi connectivity index (χ0n) is 39.2. The van der Waals surface area contributed by atoms with Crippen LogP contribution in [-0.4, -0.2) is 75.0 Å². The van der Waals surface area contributed by atoms with Gasteiger partial charge in [-0.25, -0.2) is 9.59 Å². The zero-order valence-corrected chi connectivity index (χ0v) is 42.3. The highest BCUT2D eigenvalue weighted by atomic mass is 35.5. The SMILES string of the molecule is CC[C@]12C=C(C(=O)OC)c3c(C[C@H]4Nc5cc(Cl)cc(Cl)c5C(Nc5cc(Cl)cc(Cl)c5)[C@@H]4c4c5n(c6ccccc46)[C@H]4N(O)CCC[C@@]4(CC)C=C5C(=O)OC)c4ccccc4n3[C@H]1N(O)CCC2. The smallest absolute Gasteiger partial charge is 0.339 e. The molecule has 0 spiro atoms. The van der Waals surface area contributed by atoms with E-state index in [-0.39, 0.29) is 0 Å². The van der Waals surface area contributed by atoms with E-state index in [9.17, 15) is 20.0 Å². The van der Waals surface area contributed by atoms with Crippen LogP contribution < -0.4 is 10.6 Å². The molecule has 7 atom stereocenters. The van der Waals surface area contributed by atoms with Crippen LogP contribution in [0.25, 0.3) is 33.0 Å². The third-order valence-corrected chi connectivity index (χ3v) is 17.1. The van der Waals surface area contributed by atoms with Gasteiger partial charge in [-0.2, -0.15) is 10.1 Å². The third-order valence-electron chi connectivity index (χ3n) is 16.1. The topological polar surface area (TPSA) is 133 Å². The van der Waals surface area contributed by atoms with Gasteiger partial charge in [0.15, 0.2) is 0 Å². The monoisotopic (exact) mass is 1020 g/mol. The first-order valence-electron chi connectivity index (χ1n) is 24.0. The summed E-state index contributed by atoms with van der Waals surface area (Å²) in [6.07, 6.45) is 7.69. The maximum Gasteiger partial charge on any atom is 0.339 e. The Bertz CT molecular complexity index is 3180. The fraction of sp³-hybridized carbons (Fsp3) is 0.370. The lowest BCUT2D eigenvalue weighted by atomic mass is 9.70. The minimum Gasteiger partial charge on any atom is -0.465 e. The van der Waals surface area contributed by atoms with E-state index in [4.69, 9.17) is 55.9 Å². The number of ether oxygens (including phenoxy) is 2. The van der Waals surface area contributed by atoms with E-state index >= 15 is 0 Å². The molecule has 4 aromatic carbocycles. The largest absolute Gasteiger partial charge is 0.465 e. The Hall–Kier alpha value is -5.02. The summed E-state index contributed by atoms with van der Waals surface area (Å²) in [5.74, 6) is -1.57. The quantitative estimate of drug-likeness (QED) is 0.104. The summed E-state index contributed by atoms with van der Waals surface area (Å²) in [7, 11) is 2.81. The highest BCUT2D eigenvalue weighted by molar-refractivity contribution is 6.36. The van der Waals surface area contributed by atoms with E-state index < -0.39 is 53.1 Å². The predicted molar refractivity (Wildman–Crippen MR) is 276 cm³/mol. The Morgan fingerprint density at radius 2 is 1.24 bits per heavy atom. The van der Waals surface area contributed by atoms with E-state index in [1.54, 1.807) is 12.1 Å². The van der Waals surface area contributed by atoms with Crippen molar-refractivity contribution in [2.45, 2.75) is 89.1 Å². The summed E-state index contributed by atoms with van der Waals surface area (Å²) in [5, 5.41) is 38.2. The van der Waals surface area contributed by atoms with Crippen LogP contribution >= 0.6 is 46.4 Å². The number of piperidine rings is 2. The molecule has 0 radical (unpaired) electrons. The first-order chi connectivity index (χ1) is 33.8. The van der Waals surface area contributed by atoms with E-state index in [0.29, 0.717) is 86.4 Å². The van der Waals surface area contributed by atoms with Crippen molar-refractivity contribution in [3.8, 4) is 0 Å². The minimum atomic E-state index is -0.663. The van der Waals surface area contributed by atoms with E-state index in [2.05, 4.69) is 51.8 Å². The molecule has 16 heteroatoms. The van der Waals surface area contributed by atoms with Gasteiger partial charge in [0.05, 0.1) is 53.8 Å². The molecular weight excluding hydrogens is 970 g/mol. The van der Waals surface area contributed by atoms with E-state index in [0.717, 1.165) is 64.2 Å². The molecule has 0 bridgehead atoms. The number of esters is 2. The molecule has 2 saturated heterocycles. The molecule has 6 aromatic rings. The number of hydrogen-bond acceptors (Lipinski definition) is 10. The molecule has 1 unspecified atom stereocenters. The number of para-hydroxylation sites is 2. The molecule has 0 aliphatic carbocycles. The number of hydrogen-bond donors (Lipinski definition) is 4. The number of carbonyl (C=O) groups is 2. The molecule has 364 valence electrons. The van der Waals surface area contributed by atoms with Gasteiger partial charge >= 0.3 is 11.9 Å². The molecule has 0 amide bonds. The number of anilines is 2. The molecule has 0 saturated carbocycles. The standard InChI is InChI=1S/C54H54Cl4N6O6/c1-5-53-17-11-19-61(67)51(53)63-41-15-9-7-13-33(41)35(47(63)36(27-53)49(65)69-3)26-40-45(46(59-32-22-29(55)21-30(56)23-32)44-38(58)24-31(57)25-39(44)60-40)43-34-14-8-10-16-42(34)64-48(43)37(50(66)70-4)28-54(6-2)18-12-20-62(68)52(54)64/h7-10,13-16,21-25,27-28,40,45-46,51-52,59-60,67-68H,5-6,11-12,17-20,26H2,1-4H3/t40-,45+,46?,51-,52-,53+,54+/m1/s1. The summed E-state index contributed by atoms with van der Waals surface area (Å²) in [6, 6.07) is 23.9. The van der Waals surface area contributed by atoms with Gasteiger partial charge < -0.3 is 39.7 Å². The Kier molecular flexibility index (Phi) is 12.1. The number of aromatic nitrogens is 2. The van der Waals surface area contributed by atoms with Gasteiger partial charge in [0, 0.05) is 83.7 Å². The van der Waals surface area contributed by atoms with Gasteiger partial charge in [-0.15, -0.1) is 0 Å². The molecule has 2 fully saturated rings. The minimum absolute atomic E-state index is 0.307. The predicted octanol–water partition coefficient (Wildman–Crippen LogP) is 13.1. The lowest BCUT2D eigenvalue weighted by molar-refractivity contribution is -0.203. The molecule has 7 heterocycles. The van der Waals surface area contributed by atoms with Crippen LogP contribution in [0.1, 0.15) is 105 Å². The summed E-state index contributed by atoms with van der Waals surface area (Å²) in [5.41, 5.74) is 6.35. The maximum absolute atomic E-state index is 14.6. The second kappa shape index (κ2) is 17.9. The van der Waals surface area contributed by atoms with Crippen LogP contribution in [0, 0.1) is 10.8 Å². The highest BCUT2D eigenvalue weighted by Gasteiger charge is 2.53. The van der Waals surface area contributed by atoms with Crippen molar-refractivity contribution in [1.82, 2.24) is 19.3 Å². The van der Waals surface area contributed by atoms with Crippen LogP contribution in [0.2, 0.25) is 20.1 Å². The first kappa shape index (κ1) is 47.3. The summed E-state index contributed by atoms with van der Waals surface area (Å²) >= 11 is 27.8. The number of benzene rings is 4. The van der Waals surface area contributed by atoms with Gasteiger partial charge in [0.1, 0.15) is 12.3 Å². The fourth-order valence-electron chi connectivity index (χ4n) is 13.2. The average molecular weight is 1020 g/mol. The van der Waals surface area contributed by atoms with Crippen molar-refractivity contribution in [2.75, 3.05) is 37.9 Å². The fourth-order valence-corrected chi connectivity index (χ4v) is 14.3.